The van der Waals surface area contributed by atoms with Gasteiger partial charge in [0, 0.05) is 17.4 Å². The van der Waals surface area contributed by atoms with Gasteiger partial charge in [0.05, 0.1) is 12.3 Å². The number of benzene rings is 2. The first-order valence-electron chi connectivity index (χ1n) is 8.93. The molecule has 154 valence electrons. The number of esters is 1. The molecule has 2 aromatic carbocycles. The fourth-order valence-corrected chi connectivity index (χ4v) is 2.91. The lowest BCUT2D eigenvalue weighted by molar-refractivity contribution is -0.144. The SMILES string of the molecule is CCOc1ccc(OCC(=O)OCC(=O)c2ccc(SC)c(NC(C)=O)c2)cc1. The highest BCUT2D eigenvalue weighted by molar-refractivity contribution is 7.98. The highest BCUT2D eigenvalue weighted by Crippen LogP contribution is 2.26. The van der Waals surface area contributed by atoms with Gasteiger partial charge in [-0.15, -0.1) is 11.8 Å². The zero-order valence-corrected chi connectivity index (χ0v) is 17.3. The molecule has 0 saturated heterocycles. The van der Waals surface area contributed by atoms with Crippen LogP contribution in [0.3, 0.4) is 0 Å². The predicted molar refractivity (Wildman–Crippen MR) is 111 cm³/mol. The standard InChI is InChI=1S/C21H23NO6S/c1-4-26-16-6-8-17(9-7-16)27-13-21(25)28-12-19(24)15-5-10-20(29-3)18(11-15)22-14(2)23/h5-11H,4,12-13H2,1-3H3,(H,22,23). The van der Waals surface area contributed by atoms with Crippen LogP contribution in [-0.4, -0.2) is 43.7 Å². The van der Waals surface area contributed by atoms with Gasteiger partial charge in [-0.3, -0.25) is 9.59 Å². The van der Waals surface area contributed by atoms with Crippen LogP contribution >= 0.6 is 11.8 Å². The average molecular weight is 417 g/mol. The second kappa shape index (κ2) is 11.1. The third-order valence-electron chi connectivity index (χ3n) is 3.69. The summed E-state index contributed by atoms with van der Waals surface area (Å²) in [7, 11) is 0. The lowest BCUT2D eigenvalue weighted by Gasteiger charge is -2.11. The van der Waals surface area contributed by atoms with Crippen LogP contribution in [0, 0.1) is 0 Å². The molecule has 0 aliphatic rings. The van der Waals surface area contributed by atoms with Gasteiger partial charge in [0.1, 0.15) is 11.5 Å². The van der Waals surface area contributed by atoms with Gasteiger partial charge in [-0.2, -0.15) is 0 Å². The first-order valence-corrected chi connectivity index (χ1v) is 10.2. The van der Waals surface area contributed by atoms with Crippen LogP contribution in [0.5, 0.6) is 11.5 Å². The number of nitrogens with one attached hydrogen (secondary N) is 1. The molecule has 2 aromatic rings. The highest BCUT2D eigenvalue weighted by atomic mass is 32.2. The molecule has 0 saturated carbocycles. The van der Waals surface area contributed by atoms with Gasteiger partial charge in [0.15, 0.2) is 19.0 Å². The number of amides is 1. The van der Waals surface area contributed by atoms with Crippen LogP contribution in [0.1, 0.15) is 24.2 Å². The molecule has 0 aliphatic heterocycles. The van der Waals surface area contributed by atoms with Crippen LogP contribution in [0.15, 0.2) is 47.4 Å². The van der Waals surface area contributed by atoms with Crippen LogP contribution in [0.25, 0.3) is 0 Å². The first kappa shape index (κ1) is 22.3. The zero-order valence-electron chi connectivity index (χ0n) is 16.5. The lowest BCUT2D eigenvalue weighted by Crippen LogP contribution is -2.19. The van der Waals surface area contributed by atoms with Crippen molar-refractivity contribution in [1.82, 2.24) is 0 Å². The molecule has 0 unspecified atom stereocenters. The minimum atomic E-state index is -0.657. The Morgan fingerprint density at radius 2 is 1.62 bits per heavy atom. The van der Waals surface area contributed by atoms with E-state index in [1.807, 2.05) is 13.2 Å². The van der Waals surface area contributed by atoms with Gasteiger partial charge in [-0.25, -0.2) is 4.79 Å². The Bertz CT molecular complexity index is 866. The third kappa shape index (κ3) is 7.15. The minimum absolute atomic E-state index is 0.234. The van der Waals surface area contributed by atoms with Crippen molar-refractivity contribution in [3.63, 3.8) is 0 Å². The van der Waals surface area contributed by atoms with E-state index in [0.717, 1.165) is 4.90 Å². The number of thioether (sulfide) groups is 1. The molecule has 0 aromatic heterocycles. The molecule has 2 rings (SSSR count). The molecule has 0 atom stereocenters. The maximum atomic E-state index is 12.3. The summed E-state index contributed by atoms with van der Waals surface area (Å²) < 4.78 is 15.7. The van der Waals surface area contributed by atoms with Crippen molar-refractivity contribution in [2.45, 2.75) is 18.7 Å². The number of carbonyl (C=O) groups is 3. The van der Waals surface area contributed by atoms with Gasteiger partial charge >= 0.3 is 5.97 Å². The van der Waals surface area contributed by atoms with Crippen molar-refractivity contribution < 1.29 is 28.6 Å². The van der Waals surface area contributed by atoms with E-state index < -0.39 is 12.6 Å². The Morgan fingerprint density at radius 3 is 2.21 bits per heavy atom. The highest BCUT2D eigenvalue weighted by Gasteiger charge is 2.13. The molecule has 0 aliphatic carbocycles. The van der Waals surface area contributed by atoms with Crippen molar-refractivity contribution in [2.75, 3.05) is 31.4 Å². The number of anilines is 1. The monoisotopic (exact) mass is 417 g/mol. The van der Waals surface area contributed by atoms with E-state index in [4.69, 9.17) is 14.2 Å². The maximum Gasteiger partial charge on any atom is 0.344 e. The first-order chi connectivity index (χ1) is 13.9. The molecular formula is C21H23NO6S. The topological polar surface area (TPSA) is 90.9 Å². The van der Waals surface area contributed by atoms with Gasteiger partial charge in [0.2, 0.25) is 5.91 Å². The van der Waals surface area contributed by atoms with E-state index in [1.165, 1.54) is 18.7 Å². The molecule has 1 N–H and O–H groups in total. The summed E-state index contributed by atoms with van der Waals surface area (Å²) in [6.07, 6.45) is 1.87. The smallest absolute Gasteiger partial charge is 0.344 e. The van der Waals surface area contributed by atoms with Gasteiger partial charge in [-0.05, 0) is 49.6 Å². The molecule has 0 heterocycles. The Hall–Kier alpha value is -3.00. The number of ether oxygens (including phenoxy) is 3. The Balaban J connectivity index is 1.86. The van der Waals surface area contributed by atoms with E-state index >= 15 is 0 Å². The van der Waals surface area contributed by atoms with Gasteiger partial charge < -0.3 is 19.5 Å². The van der Waals surface area contributed by atoms with E-state index in [1.54, 1.807) is 42.5 Å². The largest absolute Gasteiger partial charge is 0.494 e. The zero-order chi connectivity index (χ0) is 21.2. The van der Waals surface area contributed by atoms with Crippen molar-refractivity contribution in [2.24, 2.45) is 0 Å². The molecule has 0 radical (unpaired) electrons. The number of hydrogen-bond acceptors (Lipinski definition) is 7. The number of rotatable bonds is 10. The fraction of sp³-hybridized carbons (Fsp3) is 0.286. The van der Waals surface area contributed by atoms with Crippen molar-refractivity contribution in [3.05, 3.63) is 48.0 Å². The summed E-state index contributed by atoms with van der Waals surface area (Å²) in [5.41, 5.74) is 0.882. The van der Waals surface area contributed by atoms with Crippen LogP contribution < -0.4 is 14.8 Å². The molecule has 0 fully saturated rings. The normalized spacial score (nSPS) is 10.2. The van der Waals surface area contributed by atoms with Crippen molar-refractivity contribution in [3.8, 4) is 11.5 Å². The number of Topliss-reactive ketones (excluding diaryl/α,β-unsaturated/α-hetero) is 1. The summed E-state index contributed by atoms with van der Waals surface area (Å²) in [4.78, 5) is 36.3. The third-order valence-corrected chi connectivity index (χ3v) is 4.48. The van der Waals surface area contributed by atoms with Crippen molar-refractivity contribution in [1.29, 1.82) is 0 Å². The summed E-state index contributed by atoms with van der Waals surface area (Å²) >= 11 is 1.45. The Labute approximate surface area is 173 Å². The maximum absolute atomic E-state index is 12.3. The molecular weight excluding hydrogens is 394 g/mol. The van der Waals surface area contributed by atoms with Crippen molar-refractivity contribution >= 4 is 35.1 Å². The predicted octanol–water partition coefficient (Wildman–Crippen LogP) is 3.57. The second-order valence-corrected chi connectivity index (χ2v) is 6.72. The Kier molecular flexibility index (Phi) is 8.54. The molecule has 8 heteroatoms. The summed E-state index contributed by atoms with van der Waals surface area (Å²) in [5.74, 6) is -0.0695. The lowest BCUT2D eigenvalue weighted by atomic mass is 10.1. The average Bonchev–Trinajstić information content (AvgIpc) is 2.71. The minimum Gasteiger partial charge on any atom is -0.494 e. The quantitative estimate of drug-likeness (QED) is 0.359. The van der Waals surface area contributed by atoms with E-state index in [2.05, 4.69) is 5.32 Å². The summed E-state index contributed by atoms with van der Waals surface area (Å²) in [5, 5.41) is 2.69. The summed E-state index contributed by atoms with van der Waals surface area (Å²) in [6, 6.07) is 11.8. The summed E-state index contributed by atoms with van der Waals surface area (Å²) in [6.45, 7) is 3.12. The fourth-order valence-electron chi connectivity index (χ4n) is 2.38. The van der Waals surface area contributed by atoms with E-state index in [0.29, 0.717) is 29.4 Å². The van der Waals surface area contributed by atoms with Gasteiger partial charge in [0.25, 0.3) is 0 Å². The number of hydrogen-bond donors (Lipinski definition) is 1. The van der Waals surface area contributed by atoms with Crippen LogP contribution in [0.2, 0.25) is 0 Å². The van der Waals surface area contributed by atoms with E-state index in [-0.39, 0.29) is 18.3 Å². The van der Waals surface area contributed by atoms with E-state index in [9.17, 15) is 14.4 Å². The second-order valence-electron chi connectivity index (χ2n) is 5.87. The number of carbonyl (C=O) groups excluding carboxylic acids is 3. The molecule has 7 nitrogen and oxygen atoms in total. The van der Waals surface area contributed by atoms with Crippen LogP contribution in [-0.2, 0) is 14.3 Å². The molecule has 0 bridgehead atoms. The molecule has 1 amide bonds. The Morgan fingerprint density at radius 1 is 0.966 bits per heavy atom. The van der Waals surface area contributed by atoms with Gasteiger partial charge in [-0.1, -0.05) is 6.07 Å². The van der Waals surface area contributed by atoms with Crippen LogP contribution in [0.4, 0.5) is 5.69 Å². The molecule has 0 spiro atoms. The molecule has 29 heavy (non-hydrogen) atoms. The number of ketones is 1.